The Morgan fingerprint density at radius 2 is 2.38 bits per heavy atom. The molecular formula is C17H18N4O2S. The highest BCUT2D eigenvalue weighted by Crippen LogP contribution is 2.25. The van der Waals surface area contributed by atoms with Gasteiger partial charge in [-0.3, -0.25) is 9.48 Å². The van der Waals surface area contributed by atoms with E-state index in [1.165, 1.54) is 0 Å². The van der Waals surface area contributed by atoms with E-state index in [-0.39, 0.29) is 18.4 Å². The molecule has 6 nitrogen and oxygen atoms in total. The van der Waals surface area contributed by atoms with Crippen LogP contribution in [0.15, 0.2) is 46.7 Å². The van der Waals surface area contributed by atoms with Crippen LogP contribution >= 0.6 is 11.3 Å². The molecular weight excluding hydrogens is 324 g/mol. The normalized spacial score (nSPS) is 17.5. The highest BCUT2D eigenvalue weighted by atomic mass is 32.1. The van der Waals surface area contributed by atoms with Crippen molar-refractivity contribution in [2.45, 2.75) is 31.8 Å². The molecule has 0 saturated carbocycles. The lowest BCUT2D eigenvalue weighted by atomic mass is 10.2. The van der Waals surface area contributed by atoms with E-state index in [2.05, 4.69) is 10.1 Å². The zero-order chi connectivity index (χ0) is 16.4. The predicted octanol–water partition coefficient (Wildman–Crippen LogP) is 2.83. The maximum atomic E-state index is 12.7. The summed E-state index contributed by atoms with van der Waals surface area (Å²) in [5, 5.41) is 6.22. The monoisotopic (exact) mass is 342 g/mol. The van der Waals surface area contributed by atoms with Crippen LogP contribution in [0.2, 0.25) is 0 Å². The molecule has 1 saturated heterocycles. The lowest BCUT2D eigenvalue weighted by Crippen LogP contribution is -2.39. The van der Waals surface area contributed by atoms with Gasteiger partial charge in [-0.25, -0.2) is 4.98 Å². The molecule has 4 heterocycles. The van der Waals surface area contributed by atoms with Gasteiger partial charge in [0.15, 0.2) is 0 Å². The third kappa shape index (κ3) is 3.12. The molecule has 0 bridgehead atoms. The Hall–Kier alpha value is -2.41. The fourth-order valence-electron chi connectivity index (χ4n) is 3.14. The summed E-state index contributed by atoms with van der Waals surface area (Å²) in [5.74, 6) is 0.693. The third-order valence-corrected chi connectivity index (χ3v) is 5.13. The van der Waals surface area contributed by atoms with Gasteiger partial charge >= 0.3 is 0 Å². The Kier molecular flexibility index (Phi) is 4.17. The van der Waals surface area contributed by atoms with Gasteiger partial charge in [0.2, 0.25) is 11.8 Å². The van der Waals surface area contributed by atoms with Crippen LogP contribution in [0.4, 0.5) is 0 Å². The summed E-state index contributed by atoms with van der Waals surface area (Å²) >= 11 is 1.57. The average molecular weight is 342 g/mol. The first-order valence-corrected chi connectivity index (χ1v) is 8.93. The summed E-state index contributed by atoms with van der Waals surface area (Å²) in [6.45, 7) is 1.55. The minimum absolute atomic E-state index is 0.107. The quantitative estimate of drug-likeness (QED) is 0.715. The van der Waals surface area contributed by atoms with Gasteiger partial charge in [0.25, 0.3) is 0 Å². The summed E-state index contributed by atoms with van der Waals surface area (Å²) in [4.78, 5) is 20.0. The van der Waals surface area contributed by atoms with Crippen molar-refractivity contribution in [2.75, 3.05) is 6.54 Å². The van der Waals surface area contributed by atoms with E-state index >= 15 is 0 Å². The fourth-order valence-corrected chi connectivity index (χ4v) is 3.79. The van der Waals surface area contributed by atoms with Crippen LogP contribution in [0.1, 0.15) is 18.5 Å². The first kappa shape index (κ1) is 15.1. The highest BCUT2D eigenvalue weighted by molar-refractivity contribution is 7.13. The van der Waals surface area contributed by atoms with Crippen molar-refractivity contribution >= 4 is 17.2 Å². The Balaban J connectivity index is 1.42. The van der Waals surface area contributed by atoms with Crippen molar-refractivity contribution in [3.05, 3.63) is 47.9 Å². The summed E-state index contributed by atoms with van der Waals surface area (Å²) in [6.07, 6.45) is 7.63. The molecule has 3 aromatic rings. The number of hydrogen-bond donors (Lipinski definition) is 0. The van der Waals surface area contributed by atoms with Gasteiger partial charge in [-0.05, 0) is 30.4 Å². The molecule has 1 amide bonds. The van der Waals surface area contributed by atoms with E-state index in [4.69, 9.17) is 4.42 Å². The third-order valence-electron chi connectivity index (χ3n) is 4.27. The van der Waals surface area contributed by atoms with Crippen molar-refractivity contribution in [2.24, 2.45) is 0 Å². The summed E-state index contributed by atoms with van der Waals surface area (Å²) in [7, 11) is 0. The average Bonchev–Trinajstić information content (AvgIpc) is 3.36. The van der Waals surface area contributed by atoms with Gasteiger partial charge in [-0.2, -0.15) is 5.10 Å². The smallest absolute Gasteiger partial charge is 0.236 e. The van der Waals surface area contributed by atoms with Crippen molar-refractivity contribution in [1.29, 1.82) is 0 Å². The minimum Gasteiger partial charge on any atom is -0.444 e. The maximum Gasteiger partial charge on any atom is 0.236 e. The number of amides is 1. The molecule has 24 heavy (non-hydrogen) atoms. The Morgan fingerprint density at radius 1 is 1.42 bits per heavy atom. The number of hydrogen-bond acceptors (Lipinski definition) is 5. The number of likely N-dealkylation sites (tertiary alicyclic amines) is 1. The van der Waals surface area contributed by atoms with Crippen LogP contribution in [0.25, 0.3) is 10.8 Å². The van der Waals surface area contributed by atoms with Crippen molar-refractivity contribution in [1.82, 2.24) is 19.7 Å². The van der Waals surface area contributed by atoms with Crippen LogP contribution in [0.3, 0.4) is 0 Å². The second-order valence-corrected chi connectivity index (χ2v) is 6.86. The number of oxazole rings is 1. The van der Waals surface area contributed by atoms with Crippen molar-refractivity contribution in [3.63, 3.8) is 0 Å². The van der Waals surface area contributed by atoms with E-state index in [1.54, 1.807) is 23.8 Å². The van der Waals surface area contributed by atoms with E-state index in [0.717, 1.165) is 30.8 Å². The largest absolute Gasteiger partial charge is 0.444 e. The number of nitrogens with zero attached hydrogens (tertiary/aromatic N) is 4. The molecule has 3 aromatic heterocycles. The highest BCUT2D eigenvalue weighted by Gasteiger charge is 2.29. The lowest BCUT2D eigenvalue weighted by molar-refractivity contribution is -0.131. The fraction of sp³-hybridized carbons (Fsp3) is 0.353. The molecule has 7 heteroatoms. The second-order valence-electron chi connectivity index (χ2n) is 5.91. The first-order chi connectivity index (χ1) is 11.8. The zero-order valence-electron chi connectivity index (χ0n) is 13.2. The molecule has 1 atom stereocenters. The minimum atomic E-state index is 0.107. The molecule has 1 fully saturated rings. The molecule has 0 radical (unpaired) electrons. The molecule has 124 valence electrons. The predicted molar refractivity (Wildman–Crippen MR) is 90.5 cm³/mol. The molecule has 0 aliphatic carbocycles. The van der Waals surface area contributed by atoms with Crippen molar-refractivity contribution in [3.8, 4) is 10.8 Å². The topological polar surface area (TPSA) is 64.2 Å². The van der Waals surface area contributed by atoms with E-state index in [9.17, 15) is 4.79 Å². The Bertz CT molecular complexity index is 795. The molecule has 1 unspecified atom stereocenters. The van der Waals surface area contributed by atoms with E-state index in [0.29, 0.717) is 11.6 Å². The van der Waals surface area contributed by atoms with Gasteiger partial charge in [0.1, 0.15) is 6.26 Å². The van der Waals surface area contributed by atoms with E-state index < -0.39 is 0 Å². The lowest BCUT2D eigenvalue weighted by Gasteiger charge is -2.24. The van der Waals surface area contributed by atoms with Gasteiger partial charge in [-0.15, -0.1) is 11.3 Å². The zero-order valence-corrected chi connectivity index (χ0v) is 14.0. The maximum absolute atomic E-state index is 12.7. The summed E-state index contributed by atoms with van der Waals surface area (Å²) < 4.78 is 7.39. The van der Waals surface area contributed by atoms with Gasteiger partial charge in [0.05, 0.1) is 29.6 Å². The van der Waals surface area contributed by atoms with E-state index in [1.807, 2.05) is 39.4 Å². The van der Waals surface area contributed by atoms with Crippen LogP contribution in [0.5, 0.6) is 0 Å². The molecule has 0 N–H and O–H groups in total. The van der Waals surface area contributed by atoms with Gasteiger partial charge < -0.3 is 9.32 Å². The number of carbonyl (C=O) groups is 1. The Morgan fingerprint density at radius 3 is 3.17 bits per heavy atom. The molecule has 4 rings (SSSR count). The molecule has 1 aliphatic rings. The summed E-state index contributed by atoms with van der Waals surface area (Å²) in [6, 6.07) is 6.03. The van der Waals surface area contributed by atoms with Crippen LogP contribution < -0.4 is 0 Å². The standard InChI is InChI=1S/C17H18N4O2S/c22-16(10-13-12-23-17(19-13)15-5-2-9-24-15)21-8-1-4-14(21)11-20-7-3-6-18-20/h2-3,5-7,9,12,14H,1,4,8,10-11H2. The van der Waals surface area contributed by atoms with Gasteiger partial charge in [-0.1, -0.05) is 6.07 Å². The first-order valence-electron chi connectivity index (χ1n) is 8.05. The Labute approximate surface area is 143 Å². The molecule has 0 spiro atoms. The molecule has 0 aromatic carbocycles. The number of aromatic nitrogens is 3. The van der Waals surface area contributed by atoms with Crippen LogP contribution in [-0.2, 0) is 17.8 Å². The van der Waals surface area contributed by atoms with Gasteiger partial charge in [0, 0.05) is 18.9 Å². The SMILES string of the molecule is O=C(Cc1coc(-c2cccs2)n1)N1CCCC1Cn1cccn1. The number of carbonyl (C=O) groups excluding carboxylic acids is 1. The van der Waals surface area contributed by atoms with Crippen LogP contribution in [-0.4, -0.2) is 38.2 Å². The summed E-state index contributed by atoms with van der Waals surface area (Å²) in [5.41, 5.74) is 0.688. The van der Waals surface area contributed by atoms with Crippen molar-refractivity contribution < 1.29 is 9.21 Å². The number of rotatable bonds is 5. The number of thiophene rings is 1. The molecule has 1 aliphatic heterocycles. The van der Waals surface area contributed by atoms with Crippen LogP contribution in [0, 0.1) is 0 Å². The second kappa shape index (κ2) is 6.60.